The fourth-order valence-electron chi connectivity index (χ4n) is 2.99. The number of methoxy groups -OCH3 is 1. The van der Waals surface area contributed by atoms with Gasteiger partial charge in [-0.3, -0.25) is 19.5 Å². The average Bonchev–Trinajstić information content (AvgIpc) is 2.94. The molecule has 2 amide bonds. The van der Waals surface area contributed by atoms with Crippen LogP contribution in [0.15, 0.2) is 54.4 Å². The molecule has 0 fully saturated rings. The number of imide groups is 1. The van der Waals surface area contributed by atoms with Gasteiger partial charge in [0.15, 0.2) is 0 Å². The van der Waals surface area contributed by atoms with Crippen molar-refractivity contribution in [3.8, 4) is 5.75 Å². The number of rotatable bonds is 7. The number of aromatic nitrogens is 1. The van der Waals surface area contributed by atoms with Crippen LogP contribution >= 0.6 is 0 Å². The highest BCUT2D eigenvalue weighted by Gasteiger charge is 2.40. The number of pyridine rings is 1. The van der Waals surface area contributed by atoms with E-state index in [0.717, 1.165) is 0 Å². The van der Waals surface area contributed by atoms with Gasteiger partial charge in [-0.1, -0.05) is 18.2 Å². The SMILES string of the molecule is COc1ccc(C2=C(N(C)CCO)C(=O)N(Cc3ccccn3)C2=O)cc1. The lowest BCUT2D eigenvalue weighted by Gasteiger charge is -2.20. The van der Waals surface area contributed by atoms with Crippen molar-refractivity contribution in [1.29, 1.82) is 0 Å². The van der Waals surface area contributed by atoms with Crippen molar-refractivity contribution >= 4 is 17.4 Å². The second-order valence-electron chi connectivity index (χ2n) is 6.11. The molecule has 0 aliphatic carbocycles. The van der Waals surface area contributed by atoms with Gasteiger partial charge in [-0.15, -0.1) is 0 Å². The maximum absolute atomic E-state index is 13.1. The number of carbonyl (C=O) groups excluding carboxylic acids is 2. The Morgan fingerprint density at radius 2 is 1.85 bits per heavy atom. The summed E-state index contributed by atoms with van der Waals surface area (Å²) in [7, 11) is 3.25. The first-order valence-electron chi connectivity index (χ1n) is 8.53. The van der Waals surface area contributed by atoms with Crippen molar-refractivity contribution in [2.45, 2.75) is 6.54 Å². The van der Waals surface area contributed by atoms with Crippen molar-refractivity contribution in [3.05, 3.63) is 65.6 Å². The van der Waals surface area contributed by atoms with Gasteiger partial charge >= 0.3 is 0 Å². The topological polar surface area (TPSA) is 83.0 Å². The van der Waals surface area contributed by atoms with Gasteiger partial charge in [0.25, 0.3) is 11.8 Å². The number of nitrogens with zero attached hydrogens (tertiary/aromatic N) is 3. The van der Waals surface area contributed by atoms with Gasteiger partial charge < -0.3 is 14.7 Å². The first kappa shape index (κ1) is 18.6. The molecule has 0 bridgehead atoms. The van der Waals surface area contributed by atoms with Gasteiger partial charge in [0, 0.05) is 19.8 Å². The number of carbonyl (C=O) groups is 2. The molecule has 1 aliphatic heterocycles. The zero-order valence-corrected chi connectivity index (χ0v) is 15.3. The van der Waals surface area contributed by atoms with Gasteiger partial charge in [0.05, 0.1) is 31.5 Å². The monoisotopic (exact) mass is 367 g/mol. The number of hydrogen-bond acceptors (Lipinski definition) is 6. The predicted molar refractivity (Wildman–Crippen MR) is 99.4 cm³/mol. The molecule has 2 aromatic rings. The molecule has 3 rings (SSSR count). The lowest BCUT2D eigenvalue weighted by atomic mass is 10.0. The Morgan fingerprint density at radius 1 is 1.11 bits per heavy atom. The summed E-state index contributed by atoms with van der Waals surface area (Å²) in [6.45, 7) is 0.206. The summed E-state index contributed by atoms with van der Waals surface area (Å²) >= 11 is 0. The summed E-state index contributed by atoms with van der Waals surface area (Å²) in [6.07, 6.45) is 1.62. The molecule has 0 saturated heterocycles. The van der Waals surface area contributed by atoms with Gasteiger partial charge in [0.1, 0.15) is 11.4 Å². The molecule has 7 heteroatoms. The quantitative estimate of drug-likeness (QED) is 0.743. The van der Waals surface area contributed by atoms with Crippen molar-refractivity contribution in [3.63, 3.8) is 0 Å². The molecule has 2 heterocycles. The van der Waals surface area contributed by atoms with E-state index in [0.29, 0.717) is 22.6 Å². The fourth-order valence-corrected chi connectivity index (χ4v) is 2.99. The van der Waals surface area contributed by atoms with Crippen molar-refractivity contribution in [2.24, 2.45) is 0 Å². The van der Waals surface area contributed by atoms with Crippen LogP contribution in [0.25, 0.3) is 5.57 Å². The van der Waals surface area contributed by atoms with Gasteiger partial charge in [-0.2, -0.15) is 0 Å². The first-order valence-corrected chi connectivity index (χ1v) is 8.53. The highest BCUT2D eigenvalue weighted by Crippen LogP contribution is 2.32. The van der Waals surface area contributed by atoms with E-state index in [1.807, 2.05) is 6.07 Å². The third-order valence-corrected chi connectivity index (χ3v) is 4.39. The highest BCUT2D eigenvalue weighted by atomic mass is 16.5. The Morgan fingerprint density at radius 3 is 2.44 bits per heavy atom. The Balaban J connectivity index is 2.00. The van der Waals surface area contributed by atoms with Crippen LogP contribution in [0.3, 0.4) is 0 Å². The normalized spacial score (nSPS) is 14.1. The minimum atomic E-state index is -0.396. The van der Waals surface area contributed by atoms with Crippen LogP contribution < -0.4 is 4.74 Å². The van der Waals surface area contributed by atoms with Gasteiger partial charge in [0.2, 0.25) is 0 Å². The molecule has 1 N–H and O–H groups in total. The summed E-state index contributed by atoms with van der Waals surface area (Å²) in [4.78, 5) is 33.1. The Bertz CT molecular complexity index is 863. The highest BCUT2D eigenvalue weighted by molar-refractivity contribution is 6.35. The largest absolute Gasteiger partial charge is 0.497 e. The number of aliphatic hydroxyl groups excluding tert-OH is 1. The van der Waals surface area contributed by atoms with E-state index in [1.165, 1.54) is 4.90 Å². The van der Waals surface area contributed by atoms with E-state index in [1.54, 1.807) is 61.7 Å². The fraction of sp³-hybridized carbons (Fsp3) is 0.250. The molecule has 0 atom stereocenters. The molecule has 0 radical (unpaired) electrons. The van der Waals surface area contributed by atoms with Crippen LogP contribution in [-0.2, 0) is 16.1 Å². The average molecular weight is 367 g/mol. The number of benzene rings is 1. The lowest BCUT2D eigenvalue weighted by Crippen LogP contribution is -2.34. The number of amides is 2. The van der Waals surface area contributed by atoms with E-state index in [-0.39, 0.29) is 31.3 Å². The van der Waals surface area contributed by atoms with Crippen LogP contribution in [-0.4, -0.2) is 59.0 Å². The minimum absolute atomic E-state index is 0.0919. The lowest BCUT2D eigenvalue weighted by molar-refractivity contribution is -0.138. The second kappa shape index (κ2) is 8.01. The van der Waals surface area contributed by atoms with Crippen LogP contribution in [0.5, 0.6) is 5.75 Å². The number of aliphatic hydroxyl groups is 1. The zero-order valence-electron chi connectivity index (χ0n) is 15.3. The molecule has 140 valence electrons. The van der Waals surface area contributed by atoms with E-state index >= 15 is 0 Å². The van der Waals surface area contributed by atoms with E-state index in [9.17, 15) is 14.7 Å². The smallest absolute Gasteiger partial charge is 0.278 e. The predicted octanol–water partition coefficient (Wildman–Crippen LogP) is 1.29. The molecule has 27 heavy (non-hydrogen) atoms. The molecule has 7 nitrogen and oxygen atoms in total. The van der Waals surface area contributed by atoms with E-state index < -0.39 is 5.91 Å². The maximum Gasteiger partial charge on any atom is 0.278 e. The molecular formula is C20H21N3O4. The minimum Gasteiger partial charge on any atom is -0.497 e. The third kappa shape index (κ3) is 3.68. The standard InChI is InChI=1S/C20H21N3O4/c1-22(11-12-24)18-17(14-6-8-16(27-2)9-7-14)19(25)23(20(18)26)13-15-5-3-4-10-21-15/h3-10,24H,11-13H2,1-2H3. The zero-order chi connectivity index (χ0) is 19.4. The summed E-state index contributed by atoms with van der Waals surface area (Å²) < 4.78 is 5.16. The molecule has 1 aliphatic rings. The molecule has 0 unspecified atom stereocenters. The van der Waals surface area contributed by atoms with Crippen molar-refractivity contribution in [1.82, 2.24) is 14.8 Å². The molecule has 1 aromatic heterocycles. The Hall–Kier alpha value is -3.19. The third-order valence-electron chi connectivity index (χ3n) is 4.39. The van der Waals surface area contributed by atoms with Gasteiger partial charge in [-0.25, -0.2) is 0 Å². The Kier molecular flexibility index (Phi) is 5.52. The molecular weight excluding hydrogens is 346 g/mol. The van der Waals surface area contributed by atoms with Crippen LogP contribution in [0.1, 0.15) is 11.3 Å². The van der Waals surface area contributed by atoms with Gasteiger partial charge in [-0.05, 0) is 29.8 Å². The van der Waals surface area contributed by atoms with E-state index in [4.69, 9.17) is 4.74 Å². The second-order valence-corrected chi connectivity index (χ2v) is 6.11. The van der Waals surface area contributed by atoms with Crippen LogP contribution in [0, 0.1) is 0 Å². The summed E-state index contributed by atoms with van der Waals surface area (Å²) in [5.74, 6) is -0.116. The maximum atomic E-state index is 13.1. The number of hydrogen-bond donors (Lipinski definition) is 1. The van der Waals surface area contributed by atoms with Crippen LogP contribution in [0.2, 0.25) is 0 Å². The van der Waals surface area contributed by atoms with Crippen molar-refractivity contribution in [2.75, 3.05) is 27.3 Å². The summed E-state index contributed by atoms with van der Waals surface area (Å²) in [5, 5.41) is 9.27. The number of likely N-dealkylation sites (N-methyl/N-ethyl adjacent to an activating group) is 1. The van der Waals surface area contributed by atoms with E-state index in [2.05, 4.69) is 4.98 Å². The molecule has 0 saturated carbocycles. The Labute approximate surface area is 157 Å². The first-order chi connectivity index (χ1) is 13.1. The molecule has 0 spiro atoms. The van der Waals surface area contributed by atoms with Crippen LogP contribution in [0.4, 0.5) is 0 Å². The summed E-state index contributed by atoms with van der Waals surface area (Å²) in [6, 6.07) is 12.3. The number of ether oxygens (including phenoxy) is 1. The van der Waals surface area contributed by atoms with Crippen molar-refractivity contribution < 1.29 is 19.4 Å². The molecule has 1 aromatic carbocycles. The summed E-state index contributed by atoms with van der Waals surface area (Å²) in [5.41, 5.74) is 1.83.